The minimum Gasteiger partial charge on any atom is -0.482 e. The molecule has 0 spiro atoms. The summed E-state index contributed by atoms with van der Waals surface area (Å²) in [5.41, 5.74) is 0. The molecule has 4 nitrogen and oxygen atoms in total. The maximum Gasteiger partial charge on any atom is 0.260 e. The maximum atomic E-state index is 12.0. The first-order chi connectivity index (χ1) is 8.27. The second-order valence-corrected chi connectivity index (χ2v) is 4.41. The SMILES string of the molecule is CC1CCCCN1C(=O)COc1cccnc1. The summed E-state index contributed by atoms with van der Waals surface area (Å²) in [5, 5.41) is 0. The first-order valence-corrected chi connectivity index (χ1v) is 6.09. The van der Waals surface area contributed by atoms with Crippen molar-refractivity contribution < 1.29 is 9.53 Å². The van der Waals surface area contributed by atoms with Crippen LogP contribution in [0.25, 0.3) is 0 Å². The fourth-order valence-corrected chi connectivity index (χ4v) is 2.13. The zero-order valence-electron chi connectivity index (χ0n) is 10.1. The molecule has 1 amide bonds. The number of rotatable bonds is 3. The van der Waals surface area contributed by atoms with E-state index in [4.69, 9.17) is 4.74 Å². The first-order valence-electron chi connectivity index (χ1n) is 6.09. The molecule has 92 valence electrons. The van der Waals surface area contributed by atoms with Crippen LogP contribution in [-0.2, 0) is 4.79 Å². The molecule has 17 heavy (non-hydrogen) atoms. The Labute approximate surface area is 102 Å². The van der Waals surface area contributed by atoms with Gasteiger partial charge in [0.05, 0.1) is 6.20 Å². The van der Waals surface area contributed by atoms with Crippen molar-refractivity contribution in [1.82, 2.24) is 9.88 Å². The number of hydrogen-bond acceptors (Lipinski definition) is 3. The van der Waals surface area contributed by atoms with Crippen molar-refractivity contribution in [2.24, 2.45) is 0 Å². The number of aromatic nitrogens is 1. The fourth-order valence-electron chi connectivity index (χ4n) is 2.13. The molecule has 0 radical (unpaired) electrons. The summed E-state index contributed by atoms with van der Waals surface area (Å²) in [5.74, 6) is 0.714. The highest BCUT2D eigenvalue weighted by Gasteiger charge is 2.23. The Kier molecular flexibility index (Phi) is 3.96. The van der Waals surface area contributed by atoms with E-state index in [1.165, 1.54) is 6.42 Å². The van der Waals surface area contributed by atoms with E-state index >= 15 is 0 Å². The van der Waals surface area contributed by atoms with E-state index in [-0.39, 0.29) is 12.5 Å². The van der Waals surface area contributed by atoms with E-state index in [0.29, 0.717) is 11.8 Å². The third-order valence-electron chi connectivity index (χ3n) is 3.12. The number of pyridine rings is 1. The van der Waals surface area contributed by atoms with Gasteiger partial charge in [0.1, 0.15) is 5.75 Å². The number of ether oxygens (including phenoxy) is 1. The highest BCUT2D eigenvalue weighted by molar-refractivity contribution is 5.78. The Morgan fingerprint density at radius 3 is 3.18 bits per heavy atom. The van der Waals surface area contributed by atoms with Crippen molar-refractivity contribution in [3.8, 4) is 5.75 Å². The molecule has 1 aliphatic rings. The molecule has 1 unspecified atom stereocenters. The molecule has 1 fully saturated rings. The minimum atomic E-state index is 0.0704. The highest BCUT2D eigenvalue weighted by Crippen LogP contribution is 2.16. The normalized spacial score (nSPS) is 20.1. The van der Waals surface area contributed by atoms with Gasteiger partial charge in [0.25, 0.3) is 5.91 Å². The van der Waals surface area contributed by atoms with E-state index < -0.39 is 0 Å². The van der Waals surface area contributed by atoms with Crippen molar-refractivity contribution in [2.75, 3.05) is 13.2 Å². The van der Waals surface area contributed by atoms with Gasteiger partial charge in [0.2, 0.25) is 0 Å². The van der Waals surface area contributed by atoms with Gasteiger partial charge in [-0.05, 0) is 38.3 Å². The molecule has 2 rings (SSSR count). The molecule has 0 aromatic carbocycles. The van der Waals surface area contributed by atoms with Gasteiger partial charge < -0.3 is 9.64 Å². The topological polar surface area (TPSA) is 42.4 Å². The van der Waals surface area contributed by atoms with Gasteiger partial charge in [0.15, 0.2) is 6.61 Å². The minimum absolute atomic E-state index is 0.0704. The fraction of sp³-hybridized carbons (Fsp3) is 0.538. The number of amides is 1. The summed E-state index contributed by atoms with van der Waals surface area (Å²) < 4.78 is 5.42. The molecule has 0 bridgehead atoms. The van der Waals surface area contributed by atoms with Crippen LogP contribution in [-0.4, -0.2) is 35.0 Å². The average Bonchev–Trinajstić information content (AvgIpc) is 2.38. The summed E-state index contributed by atoms with van der Waals surface area (Å²) in [7, 11) is 0. The molecule has 1 aromatic heterocycles. The van der Waals surface area contributed by atoms with E-state index in [1.54, 1.807) is 24.5 Å². The number of likely N-dealkylation sites (tertiary alicyclic amines) is 1. The number of piperidine rings is 1. The Morgan fingerprint density at radius 2 is 2.47 bits per heavy atom. The second-order valence-electron chi connectivity index (χ2n) is 4.41. The van der Waals surface area contributed by atoms with Gasteiger partial charge in [-0.25, -0.2) is 0 Å². The summed E-state index contributed by atoms with van der Waals surface area (Å²) in [4.78, 5) is 17.8. The monoisotopic (exact) mass is 234 g/mol. The van der Waals surface area contributed by atoms with E-state index in [2.05, 4.69) is 11.9 Å². The Morgan fingerprint density at radius 1 is 1.59 bits per heavy atom. The lowest BCUT2D eigenvalue weighted by Crippen LogP contribution is -2.44. The molecule has 4 heteroatoms. The molecule has 1 saturated heterocycles. The summed E-state index contributed by atoms with van der Waals surface area (Å²) in [6.45, 7) is 3.06. The molecule has 0 N–H and O–H groups in total. The molecule has 1 atom stereocenters. The van der Waals surface area contributed by atoms with E-state index in [9.17, 15) is 4.79 Å². The van der Waals surface area contributed by atoms with Gasteiger partial charge in [0, 0.05) is 18.8 Å². The van der Waals surface area contributed by atoms with Crippen LogP contribution in [0.1, 0.15) is 26.2 Å². The summed E-state index contributed by atoms with van der Waals surface area (Å²) in [6.07, 6.45) is 6.71. The van der Waals surface area contributed by atoms with Crippen LogP contribution < -0.4 is 4.74 Å². The summed E-state index contributed by atoms with van der Waals surface area (Å²) >= 11 is 0. The van der Waals surface area contributed by atoms with Crippen molar-refractivity contribution in [1.29, 1.82) is 0 Å². The second kappa shape index (κ2) is 5.66. The zero-order chi connectivity index (χ0) is 12.1. The predicted octanol–water partition coefficient (Wildman–Crippen LogP) is 1.86. The van der Waals surface area contributed by atoms with Gasteiger partial charge in [-0.1, -0.05) is 0 Å². The van der Waals surface area contributed by atoms with Gasteiger partial charge in [-0.2, -0.15) is 0 Å². The lowest BCUT2D eigenvalue weighted by atomic mass is 10.0. The summed E-state index contributed by atoms with van der Waals surface area (Å²) in [6, 6.07) is 3.94. The number of carbonyl (C=O) groups is 1. The first kappa shape index (κ1) is 11.9. The molecule has 1 aliphatic heterocycles. The highest BCUT2D eigenvalue weighted by atomic mass is 16.5. The molecular weight excluding hydrogens is 216 g/mol. The van der Waals surface area contributed by atoms with Crippen molar-refractivity contribution in [2.45, 2.75) is 32.2 Å². The van der Waals surface area contributed by atoms with Crippen molar-refractivity contribution >= 4 is 5.91 Å². The lowest BCUT2D eigenvalue weighted by molar-refractivity contribution is -0.136. The largest absolute Gasteiger partial charge is 0.482 e. The standard InChI is InChI=1S/C13H18N2O2/c1-11-5-2-3-8-15(11)13(16)10-17-12-6-4-7-14-9-12/h4,6-7,9,11H,2-3,5,8,10H2,1H3. The average molecular weight is 234 g/mol. The third-order valence-corrected chi connectivity index (χ3v) is 3.12. The molecular formula is C13H18N2O2. The van der Waals surface area contributed by atoms with Crippen molar-refractivity contribution in [3.05, 3.63) is 24.5 Å². The van der Waals surface area contributed by atoms with Crippen molar-refractivity contribution in [3.63, 3.8) is 0 Å². The van der Waals surface area contributed by atoms with Crippen LogP contribution in [0.5, 0.6) is 5.75 Å². The molecule has 0 aliphatic carbocycles. The van der Waals surface area contributed by atoms with Gasteiger partial charge in [-0.3, -0.25) is 9.78 Å². The maximum absolute atomic E-state index is 12.0. The smallest absolute Gasteiger partial charge is 0.260 e. The Hall–Kier alpha value is -1.58. The number of nitrogens with zero attached hydrogens (tertiary/aromatic N) is 2. The zero-order valence-corrected chi connectivity index (χ0v) is 10.1. The Bertz CT molecular complexity index is 367. The molecule has 0 saturated carbocycles. The van der Waals surface area contributed by atoms with Crippen LogP contribution in [0, 0.1) is 0 Å². The third kappa shape index (κ3) is 3.19. The van der Waals surface area contributed by atoms with Crippen LogP contribution in [0.4, 0.5) is 0 Å². The predicted molar refractivity (Wildman–Crippen MR) is 64.8 cm³/mol. The van der Waals surface area contributed by atoms with Gasteiger partial charge in [-0.15, -0.1) is 0 Å². The van der Waals surface area contributed by atoms with Crippen LogP contribution in [0.3, 0.4) is 0 Å². The quantitative estimate of drug-likeness (QED) is 0.801. The van der Waals surface area contributed by atoms with Crippen LogP contribution in [0.2, 0.25) is 0 Å². The van der Waals surface area contributed by atoms with Crippen LogP contribution in [0.15, 0.2) is 24.5 Å². The van der Waals surface area contributed by atoms with Crippen LogP contribution >= 0.6 is 0 Å². The van der Waals surface area contributed by atoms with E-state index in [0.717, 1.165) is 19.4 Å². The lowest BCUT2D eigenvalue weighted by Gasteiger charge is -2.33. The molecule has 2 heterocycles. The molecule has 1 aromatic rings. The number of hydrogen-bond donors (Lipinski definition) is 0. The number of carbonyl (C=O) groups excluding carboxylic acids is 1. The van der Waals surface area contributed by atoms with E-state index in [1.807, 2.05) is 4.90 Å². The van der Waals surface area contributed by atoms with Gasteiger partial charge >= 0.3 is 0 Å². The Balaban J connectivity index is 1.84.